The van der Waals surface area contributed by atoms with Gasteiger partial charge in [0, 0.05) is 12.8 Å². The predicted octanol–water partition coefficient (Wildman–Crippen LogP) is 1.36. The molecule has 1 aromatic rings. The number of aromatic nitrogens is 2. The van der Waals surface area contributed by atoms with Crippen LogP contribution in [-0.2, 0) is 17.9 Å². The minimum atomic E-state index is 0.588. The summed E-state index contributed by atoms with van der Waals surface area (Å²) in [6.45, 7) is 4.58. The van der Waals surface area contributed by atoms with E-state index >= 15 is 0 Å². The summed E-state index contributed by atoms with van der Waals surface area (Å²) in [5.41, 5.74) is 2.13. The lowest BCUT2D eigenvalue weighted by Gasteiger charge is -1.99. The van der Waals surface area contributed by atoms with Gasteiger partial charge in [0.25, 0.3) is 0 Å². The van der Waals surface area contributed by atoms with E-state index in [1.807, 2.05) is 6.92 Å². The van der Waals surface area contributed by atoms with Crippen LogP contribution in [0.1, 0.15) is 30.1 Å². The molecule has 0 bridgehead atoms. The highest BCUT2D eigenvalue weighted by atomic mass is 16.5. The van der Waals surface area contributed by atoms with Crippen LogP contribution in [0.2, 0.25) is 0 Å². The fourth-order valence-electron chi connectivity index (χ4n) is 1.64. The summed E-state index contributed by atoms with van der Waals surface area (Å²) >= 11 is 0. The van der Waals surface area contributed by atoms with Gasteiger partial charge in [-0.3, -0.25) is 0 Å². The molecule has 0 spiro atoms. The zero-order valence-corrected chi connectivity index (χ0v) is 9.47. The molecule has 0 radical (unpaired) electrons. The molecule has 0 amide bonds. The molecule has 4 nitrogen and oxygen atoms in total. The maximum atomic E-state index is 5.07. The molecule has 1 heterocycles. The normalized spacial score (nSPS) is 15.9. The van der Waals surface area contributed by atoms with Crippen LogP contribution in [0.3, 0.4) is 0 Å². The molecule has 1 aromatic heterocycles. The largest absolute Gasteiger partial charge is 0.378 e. The number of methoxy groups -OCH3 is 1. The monoisotopic (exact) mass is 209 g/mol. The van der Waals surface area contributed by atoms with Crippen LogP contribution in [-0.4, -0.2) is 23.6 Å². The Morgan fingerprint density at radius 1 is 1.53 bits per heavy atom. The first kappa shape index (κ1) is 10.6. The number of imidazole rings is 1. The molecule has 2 N–H and O–H groups in total. The average molecular weight is 209 g/mol. The molecule has 2 rings (SSSR count). The van der Waals surface area contributed by atoms with Crippen molar-refractivity contribution in [2.45, 2.75) is 32.9 Å². The molecule has 0 aliphatic heterocycles. The molecule has 0 saturated heterocycles. The topological polar surface area (TPSA) is 49.9 Å². The molecule has 1 aliphatic rings. The molecule has 0 unspecified atom stereocenters. The summed E-state index contributed by atoms with van der Waals surface area (Å²) in [7, 11) is 1.69. The quantitative estimate of drug-likeness (QED) is 0.744. The van der Waals surface area contributed by atoms with E-state index in [-0.39, 0.29) is 0 Å². The van der Waals surface area contributed by atoms with Gasteiger partial charge in [0.1, 0.15) is 5.82 Å². The van der Waals surface area contributed by atoms with E-state index in [9.17, 15) is 0 Å². The van der Waals surface area contributed by atoms with Crippen LogP contribution in [0, 0.1) is 12.8 Å². The second-order valence-electron chi connectivity index (χ2n) is 4.26. The van der Waals surface area contributed by atoms with Gasteiger partial charge in [-0.1, -0.05) is 0 Å². The van der Waals surface area contributed by atoms with Crippen molar-refractivity contribution in [3.8, 4) is 0 Å². The Morgan fingerprint density at radius 3 is 3.00 bits per heavy atom. The van der Waals surface area contributed by atoms with Crippen molar-refractivity contribution < 1.29 is 4.74 Å². The van der Waals surface area contributed by atoms with Gasteiger partial charge < -0.3 is 15.0 Å². The Morgan fingerprint density at radius 2 is 2.33 bits per heavy atom. The van der Waals surface area contributed by atoms with Crippen LogP contribution in [0.4, 0.5) is 0 Å². The smallest absolute Gasteiger partial charge is 0.120 e. The van der Waals surface area contributed by atoms with Crippen molar-refractivity contribution in [1.82, 2.24) is 15.3 Å². The van der Waals surface area contributed by atoms with Crippen molar-refractivity contribution in [1.29, 1.82) is 0 Å². The van der Waals surface area contributed by atoms with Gasteiger partial charge in [-0.05, 0) is 32.2 Å². The number of rotatable bonds is 6. The Hall–Kier alpha value is -0.870. The fourth-order valence-corrected chi connectivity index (χ4v) is 1.64. The van der Waals surface area contributed by atoms with Crippen molar-refractivity contribution in [2.75, 3.05) is 13.7 Å². The summed E-state index contributed by atoms with van der Waals surface area (Å²) in [4.78, 5) is 7.74. The van der Waals surface area contributed by atoms with E-state index in [1.54, 1.807) is 7.11 Å². The highest BCUT2D eigenvalue weighted by molar-refractivity contribution is 5.12. The Bertz CT molecular complexity index is 318. The first-order valence-electron chi connectivity index (χ1n) is 5.53. The van der Waals surface area contributed by atoms with Gasteiger partial charge >= 0.3 is 0 Å². The molecule has 0 aromatic carbocycles. The summed E-state index contributed by atoms with van der Waals surface area (Å²) in [6.07, 6.45) is 2.78. The molecule has 15 heavy (non-hydrogen) atoms. The molecule has 84 valence electrons. The van der Waals surface area contributed by atoms with Gasteiger partial charge in [-0.25, -0.2) is 4.98 Å². The van der Waals surface area contributed by atoms with Crippen LogP contribution < -0.4 is 5.32 Å². The van der Waals surface area contributed by atoms with Crippen molar-refractivity contribution in [2.24, 2.45) is 5.92 Å². The van der Waals surface area contributed by atoms with Crippen LogP contribution in [0.25, 0.3) is 0 Å². The zero-order valence-electron chi connectivity index (χ0n) is 9.47. The standard InChI is InChI=1S/C11H19N3O/c1-8-10(7-15-2)14-11(13-8)6-12-5-9-3-4-9/h9,12H,3-7H2,1-2H3,(H,13,14). The molecule has 1 aliphatic carbocycles. The zero-order chi connectivity index (χ0) is 10.7. The van der Waals surface area contributed by atoms with Gasteiger partial charge in [0.15, 0.2) is 0 Å². The lowest BCUT2D eigenvalue weighted by atomic mass is 10.4. The third-order valence-corrected chi connectivity index (χ3v) is 2.74. The second kappa shape index (κ2) is 4.77. The third-order valence-electron chi connectivity index (χ3n) is 2.74. The van der Waals surface area contributed by atoms with E-state index in [2.05, 4.69) is 15.3 Å². The van der Waals surface area contributed by atoms with Gasteiger partial charge in [0.05, 0.1) is 18.8 Å². The maximum Gasteiger partial charge on any atom is 0.120 e. The first-order valence-corrected chi connectivity index (χ1v) is 5.53. The predicted molar refractivity (Wildman–Crippen MR) is 58.5 cm³/mol. The van der Waals surface area contributed by atoms with Crippen molar-refractivity contribution in [3.05, 3.63) is 17.2 Å². The Balaban J connectivity index is 1.81. The van der Waals surface area contributed by atoms with E-state index in [4.69, 9.17) is 4.74 Å². The fraction of sp³-hybridized carbons (Fsp3) is 0.727. The molecule has 1 fully saturated rings. The summed E-state index contributed by atoms with van der Waals surface area (Å²) in [5.74, 6) is 1.93. The molecule has 0 atom stereocenters. The van der Waals surface area contributed by atoms with Gasteiger partial charge in [0.2, 0.25) is 0 Å². The van der Waals surface area contributed by atoms with Crippen LogP contribution >= 0.6 is 0 Å². The SMILES string of the molecule is COCc1nc(CNCC2CC2)[nH]c1C. The maximum absolute atomic E-state index is 5.07. The third kappa shape index (κ3) is 3.04. The van der Waals surface area contributed by atoms with Crippen LogP contribution in [0.5, 0.6) is 0 Å². The molecule has 4 heteroatoms. The lowest BCUT2D eigenvalue weighted by molar-refractivity contribution is 0.181. The van der Waals surface area contributed by atoms with Gasteiger partial charge in [-0.15, -0.1) is 0 Å². The number of ether oxygens (including phenoxy) is 1. The lowest BCUT2D eigenvalue weighted by Crippen LogP contribution is -2.17. The number of hydrogen-bond donors (Lipinski definition) is 2. The van der Waals surface area contributed by atoms with Gasteiger partial charge in [-0.2, -0.15) is 0 Å². The molecular formula is C11H19N3O. The second-order valence-corrected chi connectivity index (χ2v) is 4.26. The minimum absolute atomic E-state index is 0.588. The number of nitrogens with one attached hydrogen (secondary N) is 2. The van der Waals surface area contributed by atoms with E-state index < -0.39 is 0 Å². The number of H-pyrrole nitrogens is 1. The minimum Gasteiger partial charge on any atom is -0.378 e. The number of aromatic amines is 1. The van der Waals surface area contributed by atoms with E-state index in [1.165, 1.54) is 12.8 Å². The highest BCUT2D eigenvalue weighted by Crippen LogP contribution is 2.27. The van der Waals surface area contributed by atoms with E-state index in [0.717, 1.165) is 36.2 Å². The van der Waals surface area contributed by atoms with Crippen LogP contribution in [0.15, 0.2) is 0 Å². The first-order chi connectivity index (χ1) is 7.29. The number of aryl methyl sites for hydroxylation is 1. The number of hydrogen-bond acceptors (Lipinski definition) is 3. The average Bonchev–Trinajstić information content (AvgIpc) is 2.95. The number of nitrogens with zero attached hydrogens (tertiary/aromatic N) is 1. The molecule has 1 saturated carbocycles. The van der Waals surface area contributed by atoms with Crippen molar-refractivity contribution in [3.63, 3.8) is 0 Å². The molecular weight excluding hydrogens is 190 g/mol. The highest BCUT2D eigenvalue weighted by Gasteiger charge is 2.20. The van der Waals surface area contributed by atoms with Crippen molar-refractivity contribution >= 4 is 0 Å². The summed E-state index contributed by atoms with van der Waals surface area (Å²) in [6, 6.07) is 0. The Kier molecular flexibility index (Phi) is 3.38. The summed E-state index contributed by atoms with van der Waals surface area (Å²) in [5, 5.41) is 3.41. The summed E-state index contributed by atoms with van der Waals surface area (Å²) < 4.78 is 5.07. The Labute approximate surface area is 90.4 Å². The van der Waals surface area contributed by atoms with E-state index in [0.29, 0.717) is 6.61 Å².